The molecule has 1 N–H and O–H groups in total. The van der Waals surface area contributed by atoms with Gasteiger partial charge in [0, 0.05) is 31.9 Å². The maximum atomic E-state index is 12.4. The zero-order valence-corrected chi connectivity index (χ0v) is 15.0. The SMILES string of the molecule is CC(CC1CCCCN1C(=O)OC(C)(C)C)Nc1cnn(C)c1. The van der Waals surface area contributed by atoms with Gasteiger partial charge in [0.1, 0.15) is 5.60 Å². The molecule has 6 nitrogen and oxygen atoms in total. The van der Waals surface area contributed by atoms with E-state index in [1.54, 1.807) is 4.68 Å². The Bertz CT molecular complexity index is 521. The summed E-state index contributed by atoms with van der Waals surface area (Å²) >= 11 is 0. The Balaban J connectivity index is 1.93. The number of hydrogen-bond acceptors (Lipinski definition) is 4. The Morgan fingerprint density at radius 3 is 2.83 bits per heavy atom. The van der Waals surface area contributed by atoms with E-state index in [9.17, 15) is 4.79 Å². The molecule has 0 saturated carbocycles. The lowest BCUT2D eigenvalue weighted by Gasteiger charge is -2.38. The van der Waals surface area contributed by atoms with E-state index in [0.29, 0.717) is 0 Å². The maximum Gasteiger partial charge on any atom is 0.410 e. The minimum absolute atomic E-state index is 0.184. The molecular formula is C17H30N4O2. The Kier molecular flexibility index (Phi) is 5.55. The average molecular weight is 322 g/mol. The van der Waals surface area contributed by atoms with Gasteiger partial charge in [0.2, 0.25) is 0 Å². The molecule has 23 heavy (non-hydrogen) atoms. The summed E-state index contributed by atoms with van der Waals surface area (Å²) in [6, 6.07) is 0.505. The molecule has 0 radical (unpaired) electrons. The second-order valence-electron chi connectivity index (χ2n) is 7.51. The van der Waals surface area contributed by atoms with Crippen LogP contribution in [0.4, 0.5) is 10.5 Å². The Morgan fingerprint density at radius 1 is 1.48 bits per heavy atom. The lowest BCUT2D eigenvalue weighted by Crippen LogP contribution is -2.47. The number of likely N-dealkylation sites (tertiary alicyclic amines) is 1. The highest BCUT2D eigenvalue weighted by Gasteiger charge is 2.31. The van der Waals surface area contributed by atoms with Crippen molar-refractivity contribution < 1.29 is 9.53 Å². The number of anilines is 1. The Hall–Kier alpha value is -1.72. The highest BCUT2D eigenvalue weighted by Crippen LogP contribution is 2.24. The van der Waals surface area contributed by atoms with Gasteiger partial charge in [0.25, 0.3) is 0 Å². The molecule has 0 aliphatic carbocycles. The monoisotopic (exact) mass is 322 g/mol. The van der Waals surface area contributed by atoms with Gasteiger partial charge in [-0.25, -0.2) is 4.79 Å². The fourth-order valence-corrected chi connectivity index (χ4v) is 3.05. The van der Waals surface area contributed by atoms with Crippen LogP contribution in [0.15, 0.2) is 12.4 Å². The van der Waals surface area contributed by atoms with Gasteiger partial charge in [-0.2, -0.15) is 5.10 Å². The number of piperidine rings is 1. The number of ether oxygens (including phenoxy) is 1. The van der Waals surface area contributed by atoms with Crippen LogP contribution in [0.3, 0.4) is 0 Å². The standard InChI is InChI=1S/C17H30N4O2/c1-13(19-14-11-18-20(5)12-14)10-15-8-6-7-9-21(15)16(22)23-17(2,3)4/h11-13,15,19H,6-10H2,1-5H3. The molecule has 1 aromatic rings. The summed E-state index contributed by atoms with van der Waals surface area (Å²) in [5.74, 6) is 0. The van der Waals surface area contributed by atoms with Gasteiger partial charge in [-0.3, -0.25) is 4.68 Å². The summed E-state index contributed by atoms with van der Waals surface area (Å²) in [6.45, 7) is 8.68. The van der Waals surface area contributed by atoms with Crippen molar-refractivity contribution >= 4 is 11.8 Å². The summed E-state index contributed by atoms with van der Waals surface area (Å²) in [6.07, 6.45) is 7.78. The molecule has 2 unspecified atom stereocenters. The molecule has 0 aromatic carbocycles. The Morgan fingerprint density at radius 2 is 2.22 bits per heavy atom. The molecular weight excluding hydrogens is 292 g/mol. The number of nitrogens with one attached hydrogen (secondary N) is 1. The first kappa shape index (κ1) is 17.6. The van der Waals surface area contributed by atoms with Crippen LogP contribution in [0, 0.1) is 0 Å². The molecule has 1 aliphatic rings. The first-order chi connectivity index (χ1) is 10.7. The molecule has 1 aromatic heterocycles. The number of rotatable bonds is 4. The highest BCUT2D eigenvalue weighted by atomic mass is 16.6. The highest BCUT2D eigenvalue weighted by molar-refractivity contribution is 5.68. The van der Waals surface area contributed by atoms with E-state index < -0.39 is 5.60 Å². The molecule has 2 heterocycles. The van der Waals surface area contributed by atoms with E-state index in [1.807, 2.05) is 45.1 Å². The number of hydrogen-bond donors (Lipinski definition) is 1. The molecule has 2 rings (SSSR count). The van der Waals surface area contributed by atoms with Crippen LogP contribution in [0.25, 0.3) is 0 Å². The quantitative estimate of drug-likeness (QED) is 0.923. The molecule has 1 aliphatic heterocycles. The number of nitrogens with zero attached hydrogens (tertiary/aromatic N) is 3. The van der Waals surface area contributed by atoms with E-state index in [4.69, 9.17) is 4.74 Å². The average Bonchev–Trinajstić information content (AvgIpc) is 2.82. The predicted molar refractivity (Wildman–Crippen MR) is 91.5 cm³/mol. The molecule has 1 saturated heterocycles. The lowest BCUT2D eigenvalue weighted by atomic mass is 9.96. The minimum atomic E-state index is -0.446. The van der Waals surface area contributed by atoms with Crippen LogP contribution in [0.1, 0.15) is 53.4 Å². The van der Waals surface area contributed by atoms with Crippen molar-refractivity contribution in [3.63, 3.8) is 0 Å². The molecule has 0 bridgehead atoms. The van der Waals surface area contributed by atoms with Crippen molar-refractivity contribution in [3.8, 4) is 0 Å². The van der Waals surface area contributed by atoms with Crippen molar-refractivity contribution in [2.75, 3.05) is 11.9 Å². The van der Waals surface area contributed by atoms with Crippen LogP contribution in [0.5, 0.6) is 0 Å². The van der Waals surface area contributed by atoms with Crippen LogP contribution < -0.4 is 5.32 Å². The number of aromatic nitrogens is 2. The predicted octanol–water partition coefficient (Wildman–Crippen LogP) is 3.40. The van der Waals surface area contributed by atoms with Crippen LogP contribution in [-0.4, -0.2) is 45.0 Å². The third kappa shape index (κ3) is 5.44. The minimum Gasteiger partial charge on any atom is -0.444 e. The molecule has 6 heteroatoms. The largest absolute Gasteiger partial charge is 0.444 e. The van der Waals surface area contributed by atoms with Crippen LogP contribution in [0.2, 0.25) is 0 Å². The first-order valence-corrected chi connectivity index (χ1v) is 8.49. The van der Waals surface area contributed by atoms with E-state index in [-0.39, 0.29) is 18.2 Å². The van der Waals surface area contributed by atoms with E-state index >= 15 is 0 Å². The zero-order chi connectivity index (χ0) is 17.0. The third-order valence-electron chi connectivity index (χ3n) is 4.00. The van der Waals surface area contributed by atoms with Crippen molar-refractivity contribution in [2.24, 2.45) is 7.05 Å². The topological polar surface area (TPSA) is 59.4 Å². The van der Waals surface area contributed by atoms with Gasteiger partial charge in [0.05, 0.1) is 11.9 Å². The van der Waals surface area contributed by atoms with Crippen LogP contribution in [-0.2, 0) is 11.8 Å². The number of aryl methyl sites for hydroxylation is 1. The zero-order valence-electron chi connectivity index (χ0n) is 15.0. The normalized spacial score (nSPS) is 20.2. The fraction of sp³-hybridized carbons (Fsp3) is 0.765. The van der Waals surface area contributed by atoms with Crippen molar-refractivity contribution in [1.82, 2.24) is 14.7 Å². The number of amides is 1. The summed E-state index contributed by atoms with van der Waals surface area (Å²) in [7, 11) is 1.90. The third-order valence-corrected chi connectivity index (χ3v) is 4.00. The van der Waals surface area contributed by atoms with Crippen molar-refractivity contribution in [2.45, 2.75) is 71.1 Å². The lowest BCUT2D eigenvalue weighted by molar-refractivity contribution is 0.00852. The summed E-state index contributed by atoms with van der Waals surface area (Å²) < 4.78 is 7.34. The fourth-order valence-electron chi connectivity index (χ4n) is 3.05. The second kappa shape index (κ2) is 7.23. The second-order valence-corrected chi connectivity index (χ2v) is 7.51. The summed E-state index contributed by atoms with van der Waals surface area (Å²) in [5.41, 5.74) is 0.568. The Labute approximate surface area is 139 Å². The molecule has 2 atom stereocenters. The molecule has 1 amide bonds. The van der Waals surface area contributed by atoms with Crippen LogP contribution >= 0.6 is 0 Å². The van der Waals surface area contributed by atoms with Gasteiger partial charge >= 0.3 is 6.09 Å². The van der Waals surface area contributed by atoms with E-state index in [1.165, 1.54) is 6.42 Å². The van der Waals surface area contributed by atoms with Gasteiger partial charge < -0.3 is 15.0 Å². The van der Waals surface area contributed by atoms with E-state index in [0.717, 1.165) is 31.5 Å². The summed E-state index contributed by atoms with van der Waals surface area (Å²) in [5, 5.41) is 7.63. The maximum absolute atomic E-state index is 12.4. The van der Waals surface area contributed by atoms with Gasteiger partial charge in [-0.05, 0) is 53.4 Å². The van der Waals surface area contributed by atoms with Gasteiger partial charge in [0.15, 0.2) is 0 Å². The molecule has 1 fully saturated rings. The summed E-state index contributed by atoms with van der Waals surface area (Å²) in [4.78, 5) is 14.4. The number of carbonyl (C=O) groups is 1. The smallest absolute Gasteiger partial charge is 0.410 e. The molecule has 0 spiro atoms. The number of carbonyl (C=O) groups excluding carboxylic acids is 1. The van der Waals surface area contributed by atoms with Gasteiger partial charge in [-0.15, -0.1) is 0 Å². The van der Waals surface area contributed by atoms with Crippen molar-refractivity contribution in [3.05, 3.63) is 12.4 Å². The first-order valence-electron chi connectivity index (χ1n) is 8.49. The van der Waals surface area contributed by atoms with Gasteiger partial charge in [-0.1, -0.05) is 0 Å². The van der Waals surface area contributed by atoms with Crippen molar-refractivity contribution in [1.29, 1.82) is 0 Å². The van der Waals surface area contributed by atoms with E-state index in [2.05, 4.69) is 17.3 Å². The molecule has 130 valence electrons.